The van der Waals surface area contributed by atoms with Crippen LogP contribution in [0.15, 0.2) is 23.0 Å². The van der Waals surface area contributed by atoms with Gasteiger partial charge in [0.2, 0.25) is 5.43 Å². The lowest BCUT2D eigenvalue weighted by atomic mass is 10.2. The highest BCUT2D eigenvalue weighted by Crippen LogP contribution is 2.17. The van der Waals surface area contributed by atoms with Gasteiger partial charge in [-0.15, -0.1) is 0 Å². The Labute approximate surface area is 106 Å². The number of halogens is 2. The van der Waals surface area contributed by atoms with Crippen LogP contribution in [0.2, 0.25) is 5.02 Å². The maximum Gasteiger partial charge on any atom is 0.356 e. The number of nitrogens with one attached hydrogen (secondary N) is 1. The first-order chi connectivity index (χ1) is 8.54. The van der Waals surface area contributed by atoms with Crippen LogP contribution >= 0.6 is 11.6 Å². The molecule has 0 spiro atoms. The van der Waals surface area contributed by atoms with Gasteiger partial charge in [0.15, 0.2) is 0 Å². The number of H-pyrrole nitrogens is 1. The molecule has 18 heavy (non-hydrogen) atoms. The third kappa shape index (κ3) is 2.09. The molecule has 0 bridgehead atoms. The number of carbonyl (C=O) groups is 1. The average Bonchev–Trinajstić information content (AvgIpc) is 2.34. The van der Waals surface area contributed by atoms with E-state index in [-0.39, 0.29) is 22.7 Å². The minimum Gasteiger partial charge on any atom is -0.461 e. The Morgan fingerprint density at radius 2 is 2.22 bits per heavy atom. The Bertz CT molecular complexity index is 681. The van der Waals surface area contributed by atoms with E-state index in [1.54, 1.807) is 6.92 Å². The van der Waals surface area contributed by atoms with E-state index in [4.69, 9.17) is 16.3 Å². The van der Waals surface area contributed by atoms with Crippen molar-refractivity contribution >= 4 is 28.5 Å². The van der Waals surface area contributed by atoms with Gasteiger partial charge in [0.1, 0.15) is 16.5 Å². The van der Waals surface area contributed by atoms with E-state index >= 15 is 0 Å². The number of rotatable bonds is 2. The largest absolute Gasteiger partial charge is 0.461 e. The van der Waals surface area contributed by atoms with Crippen LogP contribution in [0.25, 0.3) is 10.9 Å². The predicted octanol–water partition coefficient (Wildman–Crippen LogP) is 2.50. The van der Waals surface area contributed by atoms with E-state index in [0.717, 1.165) is 6.07 Å². The molecule has 0 atom stereocenters. The third-order valence-corrected chi connectivity index (χ3v) is 2.74. The minimum absolute atomic E-state index is 0.0908. The molecule has 0 radical (unpaired) electrons. The van der Waals surface area contributed by atoms with Crippen molar-refractivity contribution in [2.45, 2.75) is 6.92 Å². The SMILES string of the molecule is CCOC(=O)c1[nH]c2ccc(F)cc2c(=O)c1Cl. The van der Waals surface area contributed by atoms with E-state index in [2.05, 4.69) is 4.98 Å². The summed E-state index contributed by atoms with van der Waals surface area (Å²) in [5, 5.41) is -0.209. The number of hydrogen-bond donors (Lipinski definition) is 1. The number of pyridine rings is 1. The second-order valence-corrected chi connectivity index (χ2v) is 3.93. The molecular formula is C12H9ClFNO3. The summed E-state index contributed by atoms with van der Waals surface area (Å²) in [6, 6.07) is 3.61. The van der Waals surface area contributed by atoms with Gasteiger partial charge in [0.25, 0.3) is 0 Å². The van der Waals surface area contributed by atoms with Crippen LogP contribution in [0.3, 0.4) is 0 Å². The Morgan fingerprint density at radius 1 is 1.50 bits per heavy atom. The normalized spacial score (nSPS) is 10.6. The Hall–Kier alpha value is -1.88. The van der Waals surface area contributed by atoms with Crippen LogP contribution in [0.4, 0.5) is 4.39 Å². The van der Waals surface area contributed by atoms with E-state index < -0.39 is 17.2 Å². The lowest BCUT2D eigenvalue weighted by Crippen LogP contribution is -2.15. The van der Waals surface area contributed by atoms with Gasteiger partial charge in [-0.25, -0.2) is 9.18 Å². The second kappa shape index (κ2) is 4.78. The topological polar surface area (TPSA) is 59.2 Å². The molecule has 0 fully saturated rings. The average molecular weight is 270 g/mol. The van der Waals surface area contributed by atoms with Crippen molar-refractivity contribution in [1.82, 2.24) is 4.98 Å². The molecule has 1 aromatic heterocycles. The fraction of sp³-hybridized carbons (Fsp3) is 0.167. The molecule has 1 heterocycles. The monoisotopic (exact) mass is 269 g/mol. The van der Waals surface area contributed by atoms with Gasteiger partial charge < -0.3 is 9.72 Å². The van der Waals surface area contributed by atoms with Crippen LogP contribution in [-0.2, 0) is 4.74 Å². The summed E-state index contributed by atoms with van der Waals surface area (Å²) >= 11 is 5.79. The highest BCUT2D eigenvalue weighted by Gasteiger charge is 2.17. The van der Waals surface area contributed by atoms with Crippen LogP contribution < -0.4 is 5.43 Å². The summed E-state index contributed by atoms with van der Waals surface area (Å²) in [7, 11) is 0. The molecule has 0 unspecified atom stereocenters. The zero-order valence-electron chi connectivity index (χ0n) is 9.42. The molecule has 0 aliphatic heterocycles. The molecule has 6 heteroatoms. The number of esters is 1. The van der Waals surface area contributed by atoms with E-state index in [1.165, 1.54) is 12.1 Å². The van der Waals surface area contributed by atoms with E-state index in [9.17, 15) is 14.0 Å². The number of hydrogen-bond acceptors (Lipinski definition) is 3. The standard InChI is InChI=1S/C12H9ClFNO3/c1-2-18-12(17)10-9(13)11(16)7-5-6(14)3-4-8(7)15-10/h3-5H,2H2,1H3,(H,15,16). The first-order valence-corrected chi connectivity index (χ1v) is 5.60. The summed E-state index contributed by atoms with van der Waals surface area (Å²) in [6.45, 7) is 1.80. The zero-order valence-corrected chi connectivity index (χ0v) is 10.2. The van der Waals surface area contributed by atoms with E-state index in [1.807, 2.05) is 0 Å². The summed E-state index contributed by atoms with van der Waals surface area (Å²) in [6.07, 6.45) is 0. The first-order valence-electron chi connectivity index (χ1n) is 5.22. The van der Waals surface area contributed by atoms with Crippen molar-refractivity contribution in [2.24, 2.45) is 0 Å². The number of benzene rings is 1. The lowest BCUT2D eigenvalue weighted by molar-refractivity contribution is 0.0520. The molecule has 1 aromatic carbocycles. The number of aromatic nitrogens is 1. The second-order valence-electron chi connectivity index (χ2n) is 3.55. The number of aromatic amines is 1. The summed E-state index contributed by atoms with van der Waals surface area (Å²) in [4.78, 5) is 26.1. The highest BCUT2D eigenvalue weighted by molar-refractivity contribution is 6.33. The number of ether oxygens (including phenoxy) is 1. The van der Waals surface area contributed by atoms with Crippen molar-refractivity contribution in [3.63, 3.8) is 0 Å². The van der Waals surface area contributed by atoms with Crippen LogP contribution in [-0.4, -0.2) is 17.6 Å². The quantitative estimate of drug-likeness (QED) is 0.852. The first kappa shape index (κ1) is 12.6. The molecule has 4 nitrogen and oxygen atoms in total. The van der Waals surface area contributed by atoms with Crippen LogP contribution in [0.5, 0.6) is 0 Å². The number of carbonyl (C=O) groups excluding carboxylic acids is 1. The van der Waals surface area contributed by atoms with Crippen molar-refractivity contribution in [3.05, 3.63) is 45.0 Å². The third-order valence-electron chi connectivity index (χ3n) is 2.38. The van der Waals surface area contributed by atoms with Gasteiger partial charge in [-0.05, 0) is 25.1 Å². The van der Waals surface area contributed by atoms with Gasteiger partial charge in [0, 0.05) is 5.39 Å². The van der Waals surface area contributed by atoms with E-state index in [0.29, 0.717) is 5.52 Å². The molecule has 2 rings (SSSR count). The fourth-order valence-corrected chi connectivity index (χ4v) is 1.80. The lowest BCUT2D eigenvalue weighted by Gasteiger charge is -2.06. The maximum atomic E-state index is 13.0. The fourth-order valence-electron chi connectivity index (χ4n) is 1.58. The summed E-state index contributed by atoms with van der Waals surface area (Å²) < 4.78 is 17.8. The van der Waals surface area contributed by atoms with Gasteiger partial charge in [0.05, 0.1) is 12.1 Å². The predicted molar refractivity (Wildman–Crippen MR) is 65.5 cm³/mol. The maximum absolute atomic E-state index is 13.0. The molecule has 0 saturated carbocycles. The number of fused-ring (bicyclic) bond motifs is 1. The van der Waals surface area contributed by atoms with Crippen LogP contribution in [0.1, 0.15) is 17.4 Å². The molecule has 0 aliphatic rings. The van der Waals surface area contributed by atoms with Gasteiger partial charge in [-0.1, -0.05) is 11.6 Å². The summed E-state index contributed by atoms with van der Waals surface area (Å²) in [5.41, 5.74) is -0.399. The molecular weight excluding hydrogens is 261 g/mol. The van der Waals surface area contributed by atoms with Gasteiger partial charge in [-0.3, -0.25) is 4.79 Å². The Kier molecular flexibility index (Phi) is 3.34. The molecule has 0 aliphatic carbocycles. The van der Waals surface area contributed by atoms with Gasteiger partial charge >= 0.3 is 5.97 Å². The van der Waals surface area contributed by atoms with Crippen LogP contribution in [0, 0.1) is 5.82 Å². The molecule has 94 valence electrons. The smallest absolute Gasteiger partial charge is 0.356 e. The molecule has 0 saturated heterocycles. The Morgan fingerprint density at radius 3 is 2.89 bits per heavy atom. The van der Waals surface area contributed by atoms with Crippen molar-refractivity contribution in [3.8, 4) is 0 Å². The van der Waals surface area contributed by atoms with Crippen molar-refractivity contribution < 1.29 is 13.9 Å². The molecule has 0 amide bonds. The van der Waals surface area contributed by atoms with Crippen molar-refractivity contribution in [1.29, 1.82) is 0 Å². The minimum atomic E-state index is -0.717. The zero-order chi connectivity index (χ0) is 13.3. The molecule has 1 N–H and O–H groups in total. The summed E-state index contributed by atoms with van der Waals surface area (Å²) in [5.74, 6) is -1.27. The molecule has 2 aromatic rings. The van der Waals surface area contributed by atoms with Gasteiger partial charge in [-0.2, -0.15) is 0 Å². The van der Waals surface area contributed by atoms with Crippen molar-refractivity contribution in [2.75, 3.05) is 6.61 Å². The Balaban J connectivity index is 2.72. The highest BCUT2D eigenvalue weighted by atomic mass is 35.5.